The molecule has 0 heterocycles. The van der Waals surface area contributed by atoms with Gasteiger partial charge in [0.2, 0.25) is 0 Å². The van der Waals surface area contributed by atoms with Crippen LogP contribution in [0.5, 0.6) is 5.75 Å². The minimum absolute atomic E-state index is 0.594. The SMILES string of the molecule is c1ccc(C[SiH](Cc2ccccc2)OCCOc2ccccc2)cc1. The number of benzene rings is 3. The zero-order valence-electron chi connectivity index (χ0n) is 14.4. The summed E-state index contributed by atoms with van der Waals surface area (Å²) in [7, 11) is -1.39. The van der Waals surface area contributed by atoms with E-state index in [1.165, 1.54) is 11.1 Å². The lowest BCUT2D eigenvalue weighted by atomic mass is 10.2. The largest absolute Gasteiger partial charge is 0.491 e. The summed E-state index contributed by atoms with van der Waals surface area (Å²) in [4.78, 5) is 0. The molecule has 0 saturated carbocycles. The minimum atomic E-state index is -1.39. The van der Waals surface area contributed by atoms with Crippen LogP contribution < -0.4 is 4.74 Å². The van der Waals surface area contributed by atoms with Crippen molar-refractivity contribution in [2.75, 3.05) is 13.2 Å². The smallest absolute Gasteiger partial charge is 0.185 e. The first-order valence-corrected chi connectivity index (χ1v) is 10.9. The number of rotatable bonds is 9. The fourth-order valence-electron chi connectivity index (χ4n) is 2.84. The third kappa shape index (κ3) is 6.22. The van der Waals surface area contributed by atoms with Gasteiger partial charge in [-0.1, -0.05) is 78.9 Å². The van der Waals surface area contributed by atoms with Crippen molar-refractivity contribution in [1.82, 2.24) is 0 Å². The summed E-state index contributed by atoms with van der Waals surface area (Å²) in [6.45, 7) is 1.24. The Kier molecular flexibility index (Phi) is 6.86. The molecule has 0 aliphatic carbocycles. The van der Waals surface area contributed by atoms with Crippen LogP contribution in [-0.4, -0.2) is 22.3 Å². The zero-order valence-corrected chi connectivity index (χ0v) is 15.5. The van der Waals surface area contributed by atoms with Crippen LogP contribution in [-0.2, 0) is 16.5 Å². The molecule has 0 saturated heterocycles. The van der Waals surface area contributed by atoms with E-state index >= 15 is 0 Å². The Morgan fingerprint density at radius 1 is 0.560 bits per heavy atom. The lowest BCUT2D eigenvalue weighted by Gasteiger charge is -2.17. The molecule has 128 valence electrons. The zero-order chi connectivity index (χ0) is 17.2. The van der Waals surface area contributed by atoms with Crippen LogP contribution in [0.2, 0.25) is 0 Å². The van der Waals surface area contributed by atoms with Gasteiger partial charge in [-0.05, 0) is 35.3 Å². The highest BCUT2D eigenvalue weighted by Crippen LogP contribution is 2.11. The molecular weight excluding hydrogens is 324 g/mol. The van der Waals surface area contributed by atoms with E-state index in [-0.39, 0.29) is 0 Å². The normalized spacial score (nSPS) is 10.8. The molecule has 0 spiro atoms. The predicted octanol–water partition coefficient (Wildman–Crippen LogP) is 4.37. The van der Waals surface area contributed by atoms with E-state index in [2.05, 4.69) is 60.7 Å². The average molecular weight is 349 g/mol. The quantitative estimate of drug-likeness (QED) is 0.422. The third-order valence-corrected chi connectivity index (χ3v) is 6.62. The van der Waals surface area contributed by atoms with Crippen molar-refractivity contribution in [2.24, 2.45) is 0 Å². The van der Waals surface area contributed by atoms with Crippen molar-refractivity contribution in [2.45, 2.75) is 12.1 Å². The number of hydrogen-bond donors (Lipinski definition) is 0. The monoisotopic (exact) mass is 348 g/mol. The highest BCUT2D eigenvalue weighted by Gasteiger charge is 2.14. The van der Waals surface area contributed by atoms with Gasteiger partial charge in [-0.25, -0.2) is 0 Å². The molecular formula is C22H24O2Si. The van der Waals surface area contributed by atoms with E-state index in [1.807, 2.05) is 30.3 Å². The van der Waals surface area contributed by atoms with E-state index < -0.39 is 9.04 Å². The van der Waals surface area contributed by atoms with E-state index in [0.717, 1.165) is 17.8 Å². The minimum Gasteiger partial charge on any atom is -0.491 e. The lowest BCUT2D eigenvalue weighted by Crippen LogP contribution is -2.27. The van der Waals surface area contributed by atoms with Gasteiger partial charge in [0.25, 0.3) is 0 Å². The molecule has 0 aromatic heterocycles. The summed E-state index contributed by atoms with van der Waals surface area (Å²) < 4.78 is 12.0. The number of hydrogen-bond acceptors (Lipinski definition) is 2. The molecule has 0 aliphatic rings. The molecule has 25 heavy (non-hydrogen) atoms. The predicted molar refractivity (Wildman–Crippen MR) is 105 cm³/mol. The molecule has 0 radical (unpaired) electrons. The molecule has 3 aromatic carbocycles. The first kappa shape index (κ1) is 17.5. The second-order valence-corrected chi connectivity index (χ2v) is 8.43. The van der Waals surface area contributed by atoms with Gasteiger partial charge in [0, 0.05) is 0 Å². The Morgan fingerprint density at radius 2 is 1.04 bits per heavy atom. The maximum absolute atomic E-state index is 6.29. The molecule has 0 aliphatic heterocycles. The summed E-state index contributed by atoms with van der Waals surface area (Å²) in [5.41, 5.74) is 2.72. The topological polar surface area (TPSA) is 18.5 Å². The van der Waals surface area contributed by atoms with Gasteiger partial charge < -0.3 is 9.16 Å². The Hall–Kier alpha value is -2.36. The number of para-hydroxylation sites is 1. The lowest BCUT2D eigenvalue weighted by molar-refractivity contribution is 0.215. The van der Waals surface area contributed by atoms with E-state index in [1.54, 1.807) is 0 Å². The van der Waals surface area contributed by atoms with Gasteiger partial charge in [-0.2, -0.15) is 0 Å². The van der Waals surface area contributed by atoms with Crippen LogP contribution in [0.25, 0.3) is 0 Å². The Labute approximate surface area is 151 Å². The standard InChI is InChI=1S/C22H24O2Si/c1-4-10-20(11-5-1)18-25(19-21-12-6-2-7-13-21)24-17-16-23-22-14-8-3-9-15-22/h1-15,25H,16-19H2. The highest BCUT2D eigenvalue weighted by molar-refractivity contribution is 6.50. The van der Waals surface area contributed by atoms with Crippen molar-refractivity contribution in [3.05, 3.63) is 102 Å². The Balaban J connectivity index is 1.54. The van der Waals surface area contributed by atoms with E-state index in [9.17, 15) is 0 Å². The van der Waals surface area contributed by atoms with Gasteiger partial charge in [0.1, 0.15) is 12.4 Å². The molecule has 0 atom stereocenters. The molecule has 3 aromatic rings. The average Bonchev–Trinajstić information content (AvgIpc) is 2.67. The van der Waals surface area contributed by atoms with E-state index in [4.69, 9.17) is 9.16 Å². The fraction of sp³-hybridized carbons (Fsp3) is 0.182. The van der Waals surface area contributed by atoms with Gasteiger partial charge in [-0.3, -0.25) is 0 Å². The maximum Gasteiger partial charge on any atom is 0.185 e. The van der Waals surface area contributed by atoms with Crippen LogP contribution in [0.4, 0.5) is 0 Å². The van der Waals surface area contributed by atoms with Crippen LogP contribution in [0.1, 0.15) is 11.1 Å². The fourth-order valence-corrected chi connectivity index (χ4v) is 5.24. The molecule has 3 rings (SSSR count). The molecule has 0 unspecified atom stereocenters. The summed E-state index contributed by atoms with van der Waals surface area (Å²) in [5.74, 6) is 0.899. The van der Waals surface area contributed by atoms with Crippen molar-refractivity contribution >= 4 is 9.04 Å². The molecule has 0 bridgehead atoms. The summed E-state index contributed by atoms with van der Waals surface area (Å²) in [5, 5.41) is 0. The van der Waals surface area contributed by atoms with Gasteiger partial charge in [-0.15, -0.1) is 0 Å². The van der Waals surface area contributed by atoms with Crippen molar-refractivity contribution in [1.29, 1.82) is 0 Å². The first-order valence-electron chi connectivity index (χ1n) is 8.77. The summed E-state index contributed by atoms with van der Waals surface area (Å²) in [6, 6.07) is 33.3. The second-order valence-electron chi connectivity index (χ2n) is 6.03. The first-order chi connectivity index (χ1) is 12.4. The Bertz CT molecular complexity index is 675. The molecule has 3 heteroatoms. The van der Waals surface area contributed by atoms with Gasteiger partial charge in [0.05, 0.1) is 6.61 Å². The third-order valence-electron chi connectivity index (χ3n) is 4.06. The summed E-state index contributed by atoms with van der Waals surface area (Å²) in [6.07, 6.45) is 0. The molecule has 0 fully saturated rings. The van der Waals surface area contributed by atoms with Crippen LogP contribution in [0.15, 0.2) is 91.0 Å². The van der Waals surface area contributed by atoms with Crippen molar-refractivity contribution in [3.63, 3.8) is 0 Å². The van der Waals surface area contributed by atoms with Gasteiger partial charge >= 0.3 is 0 Å². The highest BCUT2D eigenvalue weighted by atomic mass is 28.3. The summed E-state index contributed by atoms with van der Waals surface area (Å²) >= 11 is 0. The maximum atomic E-state index is 6.29. The Morgan fingerprint density at radius 3 is 1.56 bits per heavy atom. The van der Waals surface area contributed by atoms with Crippen LogP contribution in [0.3, 0.4) is 0 Å². The van der Waals surface area contributed by atoms with Crippen molar-refractivity contribution < 1.29 is 9.16 Å². The van der Waals surface area contributed by atoms with Crippen LogP contribution >= 0.6 is 0 Å². The second kappa shape index (κ2) is 9.82. The number of ether oxygens (including phenoxy) is 1. The van der Waals surface area contributed by atoms with Gasteiger partial charge in [0.15, 0.2) is 9.04 Å². The molecule has 2 nitrogen and oxygen atoms in total. The van der Waals surface area contributed by atoms with E-state index in [0.29, 0.717) is 13.2 Å². The van der Waals surface area contributed by atoms with Crippen molar-refractivity contribution in [3.8, 4) is 5.75 Å². The molecule has 0 N–H and O–H groups in total. The molecule has 0 amide bonds. The van der Waals surface area contributed by atoms with Crippen LogP contribution in [0, 0.1) is 0 Å².